The van der Waals surface area contributed by atoms with Gasteiger partial charge in [0.05, 0.1) is 5.56 Å². The second-order valence-electron chi connectivity index (χ2n) is 6.67. The molecule has 3 rings (SSSR count). The molecule has 102 valence electrons. The summed E-state index contributed by atoms with van der Waals surface area (Å²) in [6, 6.07) is 3.65. The number of carbonyl (C=O) groups excluding carboxylic acids is 1. The average Bonchev–Trinajstić information content (AvgIpc) is 2.97. The summed E-state index contributed by atoms with van der Waals surface area (Å²) >= 11 is 0. The predicted molar refractivity (Wildman–Crippen MR) is 74.8 cm³/mol. The Hall–Kier alpha value is -1.38. The Bertz CT molecular complexity index is 473. The highest BCUT2D eigenvalue weighted by Crippen LogP contribution is 2.59. The lowest BCUT2D eigenvalue weighted by Gasteiger charge is -2.31. The largest absolute Gasteiger partial charge is 0.347 e. The first-order valence-electron chi connectivity index (χ1n) is 7.28. The van der Waals surface area contributed by atoms with Gasteiger partial charge in [0, 0.05) is 17.9 Å². The van der Waals surface area contributed by atoms with Crippen LogP contribution in [0.1, 0.15) is 56.3 Å². The standard InChI is InChI=1S/C16H22N2O/c1-12(2)15-5-7-16(11-15,8-6-15)18-14(19)13-4-3-9-17-10-13/h3-4,9-10,12H,5-8,11H2,1-2H3,(H,18,19). The van der Waals surface area contributed by atoms with Gasteiger partial charge in [-0.05, 0) is 55.6 Å². The van der Waals surface area contributed by atoms with Crippen molar-refractivity contribution in [2.24, 2.45) is 11.3 Å². The first kappa shape index (κ1) is 12.6. The number of fused-ring (bicyclic) bond motifs is 2. The molecule has 0 atom stereocenters. The summed E-state index contributed by atoms with van der Waals surface area (Å²) in [7, 11) is 0. The van der Waals surface area contributed by atoms with Gasteiger partial charge in [0.25, 0.3) is 5.91 Å². The lowest BCUT2D eigenvalue weighted by Crippen LogP contribution is -2.45. The highest BCUT2D eigenvalue weighted by atomic mass is 16.1. The molecule has 3 heteroatoms. The van der Waals surface area contributed by atoms with Crippen molar-refractivity contribution in [1.29, 1.82) is 0 Å². The fourth-order valence-corrected chi connectivity index (χ4v) is 4.01. The first-order valence-corrected chi connectivity index (χ1v) is 7.28. The van der Waals surface area contributed by atoms with Gasteiger partial charge >= 0.3 is 0 Å². The third kappa shape index (κ3) is 2.05. The van der Waals surface area contributed by atoms with E-state index in [-0.39, 0.29) is 11.4 Å². The summed E-state index contributed by atoms with van der Waals surface area (Å²) in [5.41, 5.74) is 1.20. The summed E-state index contributed by atoms with van der Waals surface area (Å²) in [4.78, 5) is 16.3. The number of hydrogen-bond acceptors (Lipinski definition) is 2. The number of carbonyl (C=O) groups is 1. The van der Waals surface area contributed by atoms with E-state index in [2.05, 4.69) is 24.1 Å². The van der Waals surface area contributed by atoms with Crippen LogP contribution < -0.4 is 5.32 Å². The van der Waals surface area contributed by atoms with E-state index in [1.807, 2.05) is 12.1 Å². The van der Waals surface area contributed by atoms with Gasteiger partial charge in [-0.3, -0.25) is 9.78 Å². The van der Waals surface area contributed by atoms with Crippen molar-refractivity contribution in [3.05, 3.63) is 30.1 Å². The molecule has 1 aromatic heterocycles. The number of pyridine rings is 1. The molecule has 2 saturated carbocycles. The topological polar surface area (TPSA) is 42.0 Å². The summed E-state index contributed by atoms with van der Waals surface area (Å²) in [6.45, 7) is 4.65. The molecule has 1 amide bonds. The molecule has 1 N–H and O–H groups in total. The van der Waals surface area contributed by atoms with Crippen LogP contribution in [0, 0.1) is 11.3 Å². The van der Waals surface area contributed by atoms with E-state index < -0.39 is 0 Å². The minimum Gasteiger partial charge on any atom is -0.347 e. The predicted octanol–water partition coefficient (Wildman–Crippen LogP) is 3.17. The van der Waals surface area contributed by atoms with Gasteiger partial charge in [0.1, 0.15) is 0 Å². The lowest BCUT2D eigenvalue weighted by molar-refractivity contribution is 0.0900. The Kier molecular flexibility index (Phi) is 2.88. The van der Waals surface area contributed by atoms with Gasteiger partial charge in [-0.2, -0.15) is 0 Å². The summed E-state index contributed by atoms with van der Waals surface area (Å²) in [5, 5.41) is 3.30. The Labute approximate surface area is 114 Å². The quantitative estimate of drug-likeness (QED) is 0.904. The van der Waals surface area contributed by atoms with E-state index in [4.69, 9.17) is 0 Å². The zero-order chi connectivity index (χ0) is 13.5. The number of rotatable bonds is 3. The SMILES string of the molecule is CC(C)C12CCC(NC(=O)c3cccnc3)(CC1)C2. The highest BCUT2D eigenvalue weighted by molar-refractivity contribution is 5.94. The van der Waals surface area contributed by atoms with Gasteiger partial charge in [-0.1, -0.05) is 13.8 Å². The van der Waals surface area contributed by atoms with Crippen molar-refractivity contribution in [1.82, 2.24) is 10.3 Å². The Morgan fingerprint density at radius 3 is 2.58 bits per heavy atom. The van der Waals surface area contributed by atoms with Crippen LogP contribution in [0.4, 0.5) is 0 Å². The maximum atomic E-state index is 12.3. The Balaban J connectivity index is 1.74. The van der Waals surface area contributed by atoms with Crippen LogP contribution in [0.25, 0.3) is 0 Å². The zero-order valence-corrected chi connectivity index (χ0v) is 11.8. The molecule has 0 aliphatic heterocycles. The number of nitrogens with one attached hydrogen (secondary N) is 1. The minimum absolute atomic E-state index is 0.0366. The Morgan fingerprint density at radius 1 is 1.32 bits per heavy atom. The number of aromatic nitrogens is 1. The van der Waals surface area contributed by atoms with Crippen molar-refractivity contribution in [2.45, 2.75) is 51.5 Å². The number of hydrogen-bond donors (Lipinski definition) is 1. The molecule has 2 aliphatic carbocycles. The van der Waals surface area contributed by atoms with Crippen LogP contribution in [0.2, 0.25) is 0 Å². The van der Waals surface area contributed by atoms with Crippen LogP contribution in [-0.4, -0.2) is 16.4 Å². The molecule has 1 heterocycles. The fraction of sp³-hybridized carbons (Fsp3) is 0.625. The van der Waals surface area contributed by atoms with Crippen LogP contribution in [0.15, 0.2) is 24.5 Å². The van der Waals surface area contributed by atoms with Gasteiger partial charge in [-0.15, -0.1) is 0 Å². The number of nitrogens with zero attached hydrogens (tertiary/aromatic N) is 1. The normalized spacial score (nSPS) is 32.8. The van der Waals surface area contributed by atoms with Gasteiger partial charge in [0.2, 0.25) is 0 Å². The van der Waals surface area contributed by atoms with Crippen molar-refractivity contribution in [3.63, 3.8) is 0 Å². The maximum absolute atomic E-state index is 12.3. The number of amides is 1. The second-order valence-corrected chi connectivity index (χ2v) is 6.67. The molecule has 2 fully saturated rings. The Morgan fingerprint density at radius 2 is 2.05 bits per heavy atom. The molecule has 0 aromatic carbocycles. The molecule has 0 unspecified atom stereocenters. The molecule has 0 spiro atoms. The summed E-state index contributed by atoms with van der Waals surface area (Å²) in [5.74, 6) is 0.752. The van der Waals surface area contributed by atoms with Crippen LogP contribution in [0.5, 0.6) is 0 Å². The zero-order valence-electron chi connectivity index (χ0n) is 11.8. The highest BCUT2D eigenvalue weighted by Gasteiger charge is 2.55. The molecule has 1 aromatic rings. The third-order valence-electron chi connectivity index (χ3n) is 5.42. The molecule has 2 bridgehead atoms. The van der Waals surface area contributed by atoms with Gasteiger partial charge < -0.3 is 5.32 Å². The molecular weight excluding hydrogens is 236 g/mol. The molecule has 19 heavy (non-hydrogen) atoms. The van der Waals surface area contributed by atoms with Gasteiger partial charge in [0.15, 0.2) is 0 Å². The van der Waals surface area contributed by atoms with Gasteiger partial charge in [-0.25, -0.2) is 0 Å². The molecule has 3 nitrogen and oxygen atoms in total. The van der Waals surface area contributed by atoms with E-state index in [9.17, 15) is 4.79 Å². The summed E-state index contributed by atoms with van der Waals surface area (Å²) < 4.78 is 0. The molecule has 0 radical (unpaired) electrons. The average molecular weight is 258 g/mol. The van der Waals surface area contributed by atoms with E-state index in [1.54, 1.807) is 12.4 Å². The monoisotopic (exact) mass is 258 g/mol. The lowest BCUT2D eigenvalue weighted by atomic mass is 9.75. The van der Waals surface area contributed by atoms with Crippen LogP contribution in [-0.2, 0) is 0 Å². The second kappa shape index (κ2) is 4.32. The van der Waals surface area contributed by atoms with E-state index >= 15 is 0 Å². The van der Waals surface area contributed by atoms with Crippen LogP contribution in [0.3, 0.4) is 0 Å². The third-order valence-corrected chi connectivity index (χ3v) is 5.42. The van der Waals surface area contributed by atoms with Crippen molar-refractivity contribution in [3.8, 4) is 0 Å². The smallest absolute Gasteiger partial charge is 0.253 e. The van der Waals surface area contributed by atoms with E-state index in [1.165, 1.54) is 12.8 Å². The van der Waals surface area contributed by atoms with Crippen molar-refractivity contribution in [2.75, 3.05) is 0 Å². The minimum atomic E-state index is 0.0366. The fourth-order valence-electron chi connectivity index (χ4n) is 4.01. The molecular formula is C16H22N2O. The first-order chi connectivity index (χ1) is 9.05. The molecule has 0 saturated heterocycles. The maximum Gasteiger partial charge on any atom is 0.253 e. The van der Waals surface area contributed by atoms with Crippen molar-refractivity contribution < 1.29 is 4.79 Å². The van der Waals surface area contributed by atoms with Crippen molar-refractivity contribution >= 4 is 5.91 Å². The van der Waals surface area contributed by atoms with E-state index in [0.29, 0.717) is 16.9 Å². The molecule has 2 aliphatic rings. The van der Waals surface area contributed by atoms with Crippen LogP contribution >= 0.6 is 0 Å². The van der Waals surface area contributed by atoms with E-state index in [0.717, 1.165) is 19.3 Å². The summed E-state index contributed by atoms with van der Waals surface area (Å²) in [6.07, 6.45) is 9.30.